The maximum atomic E-state index is 12.5. The summed E-state index contributed by atoms with van der Waals surface area (Å²) in [6.07, 6.45) is 6.18. The lowest BCUT2D eigenvalue weighted by Gasteiger charge is -2.39. The second kappa shape index (κ2) is 6.46. The summed E-state index contributed by atoms with van der Waals surface area (Å²) in [4.78, 5) is 25.5. The van der Waals surface area contributed by atoms with Crippen LogP contribution in [0.5, 0.6) is 0 Å². The van der Waals surface area contributed by atoms with Crippen LogP contribution in [0.4, 0.5) is 4.79 Å². The predicted molar refractivity (Wildman–Crippen MR) is 82.5 cm³/mol. The number of nitrogens with zero attached hydrogens (tertiary/aromatic N) is 1. The summed E-state index contributed by atoms with van der Waals surface area (Å²) in [5, 5.41) is 12.2. The average molecular weight is 312 g/mol. The number of amides is 2. The number of rotatable bonds is 3. The van der Waals surface area contributed by atoms with Crippen molar-refractivity contribution in [3.63, 3.8) is 0 Å². The maximum absolute atomic E-state index is 12.5. The molecule has 118 valence electrons. The van der Waals surface area contributed by atoms with E-state index in [1.807, 2.05) is 16.7 Å². The predicted octanol–water partition coefficient (Wildman–Crippen LogP) is 2.31. The van der Waals surface area contributed by atoms with Crippen molar-refractivity contribution >= 4 is 23.8 Å². The standard InChI is InChI=1S/C15H24N2O3S/c18-14(19)9-10-7-12-1-2-13(8-10)17(12)15(20)16-11-3-5-21-6-4-11/h10-13H,1-9H2,(H,16,20)(H,18,19). The molecule has 0 spiro atoms. The molecule has 21 heavy (non-hydrogen) atoms. The number of piperidine rings is 1. The minimum atomic E-state index is -0.711. The molecule has 3 rings (SSSR count). The van der Waals surface area contributed by atoms with Gasteiger partial charge in [-0.2, -0.15) is 11.8 Å². The van der Waals surface area contributed by atoms with Gasteiger partial charge in [0.1, 0.15) is 0 Å². The first-order valence-corrected chi connectivity index (χ1v) is 9.17. The minimum Gasteiger partial charge on any atom is -0.481 e. The van der Waals surface area contributed by atoms with Crippen LogP contribution in [0.2, 0.25) is 0 Å². The molecule has 0 aromatic carbocycles. The molecular formula is C15H24N2O3S. The lowest BCUT2D eigenvalue weighted by molar-refractivity contribution is -0.138. The summed E-state index contributed by atoms with van der Waals surface area (Å²) in [7, 11) is 0. The molecule has 6 heteroatoms. The van der Waals surface area contributed by atoms with Crippen LogP contribution in [-0.4, -0.2) is 51.6 Å². The second-order valence-electron chi connectivity index (χ2n) is 6.56. The first-order chi connectivity index (χ1) is 10.1. The van der Waals surface area contributed by atoms with E-state index in [0.29, 0.717) is 6.04 Å². The first kappa shape index (κ1) is 15.0. The molecule has 3 saturated heterocycles. The number of carbonyl (C=O) groups is 2. The Labute approximate surface area is 129 Å². The van der Waals surface area contributed by atoms with Gasteiger partial charge in [-0.1, -0.05) is 0 Å². The highest BCUT2D eigenvalue weighted by Gasteiger charge is 2.43. The molecule has 0 saturated carbocycles. The van der Waals surface area contributed by atoms with Gasteiger partial charge in [-0.25, -0.2) is 4.79 Å². The molecule has 2 amide bonds. The van der Waals surface area contributed by atoms with Crippen LogP contribution in [0.15, 0.2) is 0 Å². The topological polar surface area (TPSA) is 69.6 Å². The molecule has 2 unspecified atom stereocenters. The number of urea groups is 1. The summed E-state index contributed by atoms with van der Waals surface area (Å²) >= 11 is 1.96. The highest BCUT2D eigenvalue weighted by atomic mass is 32.2. The van der Waals surface area contributed by atoms with Crippen LogP contribution in [0, 0.1) is 5.92 Å². The normalized spacial score (nSPS) is 33.0. The van der Waals surface area contributed by atoms with E-state index in [4.69, 9.17) is 5.11 Å². The monoisotopic (exact) mass is 312 g/mol. The number of carboxylic acid groups (broad SMARTS) is 1. The number of hydrogen-bond acceptors (Lipinski definition) is 3. The summed E-state index contributed by atoms with van der Waals surface area (Å²) in [5.41, 5.74) is 0. The molecule has 3 aliphatic heterocycles. The third kappa shape index (κ3) is 3.47. The first-order valence-electron chi connectivity index (χ1n) is 8.02. The molecule has 3 aliphatic rings. The lowest BCUT2D eigenvalue weighted by Crippen LogP contribution is -2.53. The number of aliphatic carboxylic acids is 1. The van der Waals surface area contributed by atoms with Crippen molar-refractivity contribution in [2.75, 3.05) is 11.5 Å². The molecular weight excluding hydrogens is 288 g/mol. The summed E-state index contributed by atoms with van der Waals surface area (Å²) in [6.45, 7) is 0. The van der Waals surface area contributed by atoms with Crippen molar-refractivity contribution in [1.29, 1.82) is 0 Å². The van der Waals surface area contributed by atoms with Gasteiger partial charge in [-0.15, -0.1) is 0 Å². The molecule has 0 radical (unpaired) electrons. The highest BCUT2D eigenvalue weighted by molar-refractivity contribution is 7.99. The largest absolute Gasteiger partial charge is 0.481 e. The van der Waals surface area contributed by atoms with E-state index in [2.05, 4.69) is 5.32 Å². The number of nitrogens with one attached hydrogen (secondary N) is 1. The zero-order valence-electron chi connectivity index (χ0n) is 12.3. The van der Waals surface area contributed by atoms with Crippen molar-refractivity contribution in [3.8, 4) is 0 Å². The summed E-state index contributed by atoms with van der Waals surface area (Å²) in [5.74, 6) is 1.81. The van der Waals surface area contributed by atoms with Crippen molar-refractivity contribution < 1.29 is 14.7 Å². The summed E-state index contributed by atoms with van der Waals surface area (Å²) in [6, 6.07) is 0.931. The molecule has 3 fully saturated rings. The second-order valence-corrected chi connectivity index (χ2v) is 7.79. The van der Waals surface area contributed by atoms with Crippen LogP contribution >= 0.6 is 11.8 Å². The molecule has 5 nitrogen and oxygen atoms in total. The Balaban J connectivity index is 1.56. The Morgan fingerprint density at radius 2 is 1.71 bits per heavy atom. The van der Waals surface area contributed by atoms with Crippen LogP contribution in [-0.2, 0) is 4.79 Å². The number of hydrogen-bond donors (Lipinski definition) is 2. The van der Waals surface area contributed by atoms with Crippen molar-refractivity contribution in [2.24, 2.45) is 5.92 Å². The molecule has 0 aliphatic carbocycles. The van der Waals surface area contributed by atoms with Crippen molar-refractivity contribution in [3.05, 3.63) is 0 Å². The van der Waals surface area contributed by atoms with Crippen LogP contribution < -0.4 is 5.32 Å². The number of thioether (sulfide) groups is 1. The zero-order chi connectivity index (χ0) is 14.8. The van der Waals surface area contributed by atoms with E-state index in [1.165, 1.54) is 0 Å². The zero-order valence-corrected chi connectivity index (χ0v) is 13.1. The molecule has 2 N–H and O–H groups in total. The van der Waals surface area contributed by atoms with Gasteiger partial charge < -0.3 is 15.3 Å². The van der Waals surface area contributed by atoms with E-state index >= 15 is 0 Å². The van der Waals surface area contributed by atoms with Gasteiger partial charge in [0.15, 0.2) is 0 Å². The van der Waals surface area contributed by atoms with Gasteiger partial charge in [0.25, 0.3) is 0 Å². The van der Waals surface area contributed by atoms with Gasteiger partial charge in [-0.3, -0.25) is 4.79 Å². The Morgan fingerprint density at radius 3 is 2.29 bits per heavy atom. The summed E-state index contributed by atoms with van der Waals surface area (Å²) < 4.78 is 0. The molecule has 3 heterocycles. The van der Waals surface area contributed by atoms with Gasteiger partial charge in [0.05, 0.1) is 0 Å². The van der Waals surface area contributed by atoms with Crippen molar-refractivity contribution in [1.82, 2.24) is 10.2 Å². The van der Waals surface area contributed by atoms with Crippen LogP contribution in [0.1, 0.15) is 44.9 Å². The smallest absolute Gasteiger partial charge is 0.318 e. The van der Waals surface area contributed by atoms with E-state index < -0.39 is 5.97 Å². The number of carboxylic acids is 1. The number of carbonyl (C=O) groups excluding carboxylic acids is 1. The third-order valence-corrected chi connectivity index (χ3v) is 6.13. The van der Waals surface area contributed by atoms with E-state index in [9.17, 15) is 9.59 Å². The fourth-order valence-electron chi connectivity index (χ4n) is 4.13. The molecule has 2 bridgehead atoms. The fraction of sp³-hybridized carbons (Fsp3) is 0.867. The molecule has 0 aromatic rings. The Bertz CT molecular complexity index is 398. The fourth-order valence-corrected chi connectivity index (χ4v) is 5.23. The van der Waals surface area contributed by atoms with E-state index in [0.717, 1.165) is 50.0 Å². The molecule has 0 aromatic heterocycles. The SMILES string of the molecule is O=C(O)CC1CC2CCC(C1)N2C(=O)NC1CCSCC1. The average Bonchev–Trinajstić information content (AvgIpc) is 2.71. The Hall–Kier alpha value is -0.910. The van der Waals surface area contributed by atoms with Gasteiger partial charge in [-0.05, 0) is 55.9 Å². The highest BCUT2D eigenvalue weighted by Crippen LogP contribution is 2.40. The van der Waals surface area contributed by atoms with E-state index in [-0.39, 0.29) is 30.5 Å². The van der Waals surface area contributed by atoms with Gasteiger partial charge in [0.2, 0.25) is 0 Å². The van der Waals surface area contributed by atoms with E-state index in [1.54, 1.807) is 0 Å². The lowest BCUT2D eigenvalue weighted by atomic mass is 9.88. The number of fused-ring (bicyclic) bond motifs is 2. The third-order valence-electron chi connectivity index (χ3n) is 5.08. The maximum Gasteiger partial charge on any atom is 0.318 e. The quantitative estimate of drug-likeness (QED) is 0.839. The Kier molecular flexibility index (Phi) is 4.62. The van der Waals surface area contributed by atoms with Gasteiger partial charge in [0, 0.05) is 24.5 Å². The van der Waals surface area contributed by atoms with Crippen LogP contribution in [0.3, 0.4) is 0 Å². The van der Waals surface area contributed by atoms with Crippen LogP contribution in [0.25, 0.3) is 0 Å². The minimum absolute atomic E-state index is 0.0909. The van der Waals surface area contributed by atoms with Crippen molar-refractivity contribution in [2.45, 2.75) is 63.1 Å². The molecule has 2 atom stereocenters. The Morgan fingerprint density at radius 1 is 1.10 bits per heavy atom. The van der Waals surface area contributed by atoms with Gasteiger partial charge >= 0.3 is 12.0 Å².